The Hall–Kier alpha value is -8.92. The Kier molecular flexibility index (Phi) is 10.2. The Balaban J connectivity index is 1.23. The van der Waals surface area contributed by atoms with E-state index >= 15 is 0 Å². The van der Waals surface area contributed by atoms with Crippen LogP contribution in [0.25, 0.3) is 54.2 Å². The van der Waals surface area contributed by atoms with Crippen LogP contribution in [-0.4, -0.2) is 0 Å². The second-order valence-electron chi connectivity index (χ2n) is 17.0. The molecule has 0 aliphatic carbocycles. The molecular formula is C64H45N3. The highest BCUT2D eigenvalue weighted by Crippen LogP contribution is 2.52. The van der Waals surface area contributed by atoms with Gasteiger partial charge in [-0.3, -0.25) is 0 Å². The van der Waals surface area contributed by atoms with Crippen LogP contribution in [0.2, 0.25) is 0 Å². The lowest BCUT2D eigenvalue weighted by Gasteiger charge is -2.32. The van der Waals surface area contributed by atoms with Crippen LogP contribution in [0.15, 0.2) is 273 Å². The van der Waals surface area contributed by atoms with E-state index in [2.05, 4.69) is 288 Å². The summed E-state index contributed by atoms with van der Waals surface area (Å²) in [7, 11) is 0. The maximum absolute atomic E-state index is 2.50. The molecule has 12 aromatic rings. The number of para-hydroxylation sites is 4. The molecule has 0 bridgehead atoms. The minimum Gasteiger partial charge on any atom is -0.310 e. The molecule has 0 N–H and O–H groups in total. The molecule has 0 aliphatic heterocycles. The molecule has 0 heterocycles. The van der Waals surface area contributed by atoms with Gasteiger partial charge >= 0.3 is 0 Å². The Bertz CT molecular complexity index is 3530. The summed E-state index contributed by atoms with van der Waals surface area (Å²) in [6, 6.07) is 98.9. The van der Waals surface area contributed by atoms with Crippen LogP contribution in [0.5, 0.6) is 0 Å². The fourth-order valence-electron chi connectivity index (χ4n) is 9.86. The topological polar surface area (TPSA) is 9.72 Å². The molecule has 0 amide bonds. The van der Waals surface area contributed by atoms with Crippen molar-refractivity contribution in [3.05, 3.63) is 273 Å². The third-order valence-corrected chi connectivity index (χ3v) is 12.9. The van der Waals surface area contributed by atoms with Gasteiger partial charge in [0.25, 0.3) is 0 Å². The Morgan fingerprint density at radius 1 is 0.194 bits per heavy atom. The number of anilines is 9. The molecule has 3 heteroatoms. The Morgan fingerprint density at radius 2 is 0.537 bits per heavy atom. The van der Waals surface area contributed by atoms with Crippen molar-refractivity contribution in [2.45, 2.75) is 0 Å². The zero-order chi connectivity index (χ0) is 44.5. The molecule has 12 rings (SSSR count). The molecule has 0 aromatic heterocycles. The van der Waals surface area contributed by atoms with Gasteiger partial charge in [0.2, 0.25) is 0 Å². The van der Waals surface area contributed by atoms with Crippen LogP contribution < -0.4 is 14.7 Å². The van der Waals surface area contributed by atoms with E-state index in [0.717, 1.165) is 78.3 Å². The first-order valence-electron chi connectivity index (χ1n) is 22.9. The molecule has 0 aliphatic rings. The number of nitrogens with zero attached hydrogens (tertiary/aromatic N) is 3. The van der Waals surface area contributed by atoms with E-state index in [9.17, 15) is 0 Å². The number of hydrogen-bond acceptors (Lipinski definition) is 3. The summed E-state index contributed by atoms with van der Waals surface area (Å²) in [5.74, 6) is 0. The largest absolute Gasteiger partial charge is 0.310 e. The first kappa shape index (κ1) is 39.7. The predicted octanol–water partition coefficient (Wildman–Crippen LogP) is 18.4. The summed E-state index contributed by atoms with van der Waals surface area (Å²) >= 11 is 0. The standard InChI is InChI=1S/C64H45N3/c1-6-22-48(23-7-1)63-59-40-38-58(66(53-30-12-4-13-31-53)54-32-14-5-15-33-54)45-62(59)64(60-41-39-57(44-61(60)63)65(51-26-8-2-9-27-51)52-28-10-3-11-29-52)67(55-36-34-46-20-16-18-24-49(46)42-55)56-37-35-47-21-17-19-25-50(47)43-56/h1-45H. The summed E-state index contributed by atoms with van der Waals surface area (Å²) in [4.78, 5) is 7.24. The van der Waals surface area contributed by atoms with E-state index in [-0.39, 0.29) is 0 Å². The monoisotopic (exact) mass is 855 g/mol. The molecule has 0 spiro atoms. The molecule has 67 heavy (non-hydrogen) atoms. The fraction of sp³-hybridized carbons (Fsp3) is 0. The highest BCUT2D eigenvalue weighted by atomic mass is 15.2. The van der Waals surface area contributed by atoms with Crippen LogP contribution in [-0.2, 0) is 0 Å². The van der Waals surface area contributed by atoms with Gasteiger partial charge in [-0.2, -0.15) is 0 Å². The maximum atomic E-state index is 2.50. The zero-order valence-electron chi connectivity index (χ0n) is 36.8. The zero-order valence-corrected chi connectivity index (χ0v) is 36.8. The van der Waals surface area contributed by atoms with Gasteiger partial charge in [-0.15, -0.1) is 0 Å². The SMILES string of the molecule is c1ccc(-c2c3cc(N(c4ccccc4)c4ccccc4)ccc3c(N(c3ccc4ccccc4c3)c3ccc4ccccc4c3)c3cc(N(c4ccccc4)c4ccccc4)ccc23)cc1. The van der Waals surface area contributed by atoms with E-state index in [1.807, 2.05) is 0 Å². The summed E-state index contributed by atoms with van der Waals surface area (Å²) in [6.07, 6.45) is 0. The third-order valence-electron chi connectivity index (χ3n) is 12.9. The second-order valence-corrected chi connectivity index (χ2v) is 17.0. The third kappa shape index (κ3) is 7.39. The van der Waals surface area contributed by atoms with Gasteiger partial charge in [0, 0.05) is 56.3 Å². The fourth-order valence-corrected chi connectivity index (χ4v) is 9.86. The van der Waals surface area contributed by atoms with Crippen LogP contribution >= 0.6 is 0 Å². The molecule has 0 fully saturated rings. The number of fused-ring (bicyclic) bond motifs is 4. The van der Waals surface area contributed by atoms with Crippen LogP contribution in [0.4, 0.5) is 51.2 Å². The molecule has 0 saturated heterocycles. The number of rotatable bonds is 10. The van der Waals surface area contributed by atoms with Gasteiger partial charge < -0.3 is 14.7 Å². The molecule has 0 unspecified atom stereocenters. The van der Waals surface area contributed by atoms with Crippen molar-refractivity contribution >= 4 is 94.3 Å². The first-order chi connectivity index (χ1) is 33.2. The minimum absolute atomic E-state index is 1.07. The summed E-state index contributed by atoms with van der Waals surface area (Å²) < 4.78 is 0. The van der Waals surface area contributed by atoms with Crippen molar-refractivity contribution in [1.29, 1.82) is 0 Å². The van der Waals surface area contributed by atoms with Crippen molar-refractivity contribution in [1.82, 2.24) is 0 Å². The molecule has 0 radical (unpaired) electrons. The summed E-state index contributed by atoms with van der Waals surface area (Å²) in [6.45, 7) is 0. The van der Waals surface area contributed by atoms with Crippen LogP contribution in [0.1, 0.15) is 0 Å². The second kappa shape index (κ2) is 17.2. The normalized spacial score (nSPS) is 11.3. The van der Waals surface area contributed by atoms with E-state index in [4.69, 9.17) is 0 Å². The van der Waals surface area contributed by atoms with E-state index in [0.29, 0.717) is 0 Å². The predicted molar refractivity (Wildman–Crippen MR) is 286 cm³/mol. The van der Waals surface area contributed by atoms with Crippen molar-refractivity contribution in [2.24, 2.45) is 0 Å². The maximum Gasteiger partial charge on any atom is 0.0619 e. The lowest BCUT2D eigenvalue weighted by Crippen LogP contribution is -2.13. The quantitative estimate of drug-likeness (QED) is 0.127. The van der Waals surface area contributed by atoms with Crippen molar-refractivity contribution < 1.29 is 0 Å². The molecular weight excluding hydrogens is 811 g/mol. The molecule has 0 saturated carbocycles. The summed E-state index contributed by atoms with van der Waals surface area (Å²) in [5, 5.41) is 9.37. The van der Waals surface area contributed by atoms with Gasteiger partial charge in [0.15, 0.2) is 0 Å². The molecule has 316 valence electrons. The van der Waals surface area contributed by atoms with E-state index in [1.165, 1.54) is 27.1 Å². The smallest absolute Gasteiger partial charge is 0.0619 e. The van der Waals surface area contributed by atoms with Crippen molar-refractivity contribution in [3.8, 4) is 11.1 Å². The van der Waals surface area contributed by atoms with Gasteiger partial charge in [-0.1, -0.05) is 176 Å². The van der Waals surface area contributed by atoms with E-state index < -0.39 is 0 Å². The van der Waals surface area contributed by atoms with Crippen molar-refractivity contribution in [3.63, 3.8) is 0 Å². The number of hydrogen-bond donors (Lipinski definition) is 0. The average Bonchev–Trinajstić information content (AvgIpc) is 3.40. The lowest BCUT2D eigenvalue weighted by atomic mass is 9.88. The minimum atomic E-state index is 1.07. The molecule has 12 aromatic carbocycles. The Labute approximate surface area is 391 Å². The average molecular weight is 856 g/mol. The summed E-state index contributed by atoms with van der Waals surface area (Å²) in [5.41, 5.74) is 12.1. The van der Waals surface area contributed by atoms with Gasteiger partial charge in [-0.05, 0) is 141 Å². The highest BCUT2D eigenvalue weighted by Gasteiger charge is 2.26. The Morgan fingerprint density at radius 3 is 0.985 bits per heavy atom. The van der Waals surface area contributed by atoms with Gasteiger partial charge in [0.05, 0.1) is 5.69 Å². The molecule has 0 atom stereocenters. The van der Waals surface area contributed by atoms with Crippen LogP contribution in [0, 0.1) is 0 Å². The number of benzene rings is 12. The van der Waals surface area contributed by atoms with Gasteiger partial charge in [0.1, 0.15) is 0 Å². The van der Waals surface area contributed by atoms with Gasteiger partial charge in [-0.25, -0.2) is 0 Å². The van der Waals surface area contributed by atoms with E-state index in [1.54, 1.807) is 0 Å². The lowest BCUT2D eigenvalue weighted by molar-refractivity contribution is 1.28. The highest BCUT2D eigenvalue weighted by molar-refractivity contribution is 6.24. The molecule has 3 nitrogen and oxygen atoms in total. The first-order valence-corrected chi connectivity index (χ1v) is 22.9. The van der Waals surface area contributed by atoms with Crippen LogP contribution in [0.3, 0.4) is 0 Å². The van der Waals surface area contributed by atoms with Crippen molar-refractivity contribution in [2.75, 3.05) is 14.7 Å².